The summed E-state index contributed by atoms with van der Waals surface area (Å²) in [7, 11) is -1.42. The SMILES string of the molecule is Cc1cc(CN(C)C(=O)C2CCN(S(C)(=O)=O)CC2)no1. The van der Waals surface area contributed by atoms with Gasteiger partial charge in [-0.05, 0) is 19.8 Å². The first-order valence-corrected chi connectivity index (χ1v) is 8.74. The molecule has 2 heterocycles. The van der Waals surface area contributed by atoms with Gasteiger partial charge in [-0.1, -0.05) is 5.16 Å². The second kappa shape index (κ2) is 6.15. The van der Waals surface area contributed by atoms with E-state index in [0.29, 0.717) is 38.2 Å². The minimum atomic E-state index is -3.16. The van der Waals surface area contributed by atoms with Crippen molar-refractivity contribution in [3.8, 4) is 0 Å². The van der Waals surface area contributed by atoms with Crippen LogP contribution in [0.1, 0.15) is 24.3 Å². The maximum atomic E-state index is 12.4. The Labute approximate surface area is 124 Å². The molecule has 1 saturated heterocycles. The maximum Gasteiger partial charge on any atom is 0.225 e. The second-order valence-corrected chi connectivity index (χ2v) is 7.54. The molecule has 1 aliphatic rings. The van der Waals surface area contributed by atoms with Crippen LogP contribution in [-0.2, 0) is 21.4 Å². The van der Waals surface area contributed by atoms with Crippen molar-refractivity contribution in [2.75, 3.05) is 26.4 Å². The highest BCUT2D eigenvalue weighted by atomic mass is 32.2. The first-order chi connectivity index (χ1) is 9.77. The van der Waals surface area contributed by atoms with Crippen molar-refractivity contribution in [3.63, 3.8) is 0 Å². The summed E-state index contributed by atoms with van der Waals surface area (Å²) >= 11 is 0. The van der Waals surface area contributed by atoms with Crippen LogP contribution < -0.4 is 0 Å². The largest absolute Gasteiger partial charge is 0.361 e. The number of amides is 1. The van der Waals surface area contributed by atoms with E-state index in [4.69, 9.17) is 4.52 Å². The molecule has 21 heavy (non-hydrogen) atoms. The van der Waals surface area contributed by atoms with E-state index in [1.165, 1.54) is 10.6 Å². The monoisotopic (exact) mass is 315 g/mol. The maximum absolute atomic E-state index is 12.4. The Morgan fingerprint density at radius 3 is 2.57 bits per heavy atom. The van der Waals surface area contributed by atoms with Gasteiger partial charge in [0.05, 0.1) is 12.8 Å². The molecule has 1 fully saturated rings. The fourth-order valence-electron chi connectivity index (χ4n) is 2.56. The Kier molecular flexibility index (Phi) is 4.67. The number of piperidine rings is 1. The lowest BCUT2D eigenvalue weighted by Gasteiger charge is -2.31. The van der Waals surface area contributed by atoms with Crippen molar-refractivity contribution in [2.45, 2.75) is 26.3 Å². The molecule has 0 spiro atoms. The van der Waals surface area contributed by atoms with E-state index in [1.807, 2.05) is 0 Å². The molecule has 7 nitrogen and oxygen atoms in total. The molecule has 1 amide bonds. The van der Waals surface area contributed by atoms with Crippen LogP contribution in [0.4, 0.5) is 0 Å². The van der Waals surface area contributed by atoms with Crippen molar-refractivity contribution in [1.29, 1.82) is 0 Å². The number of aromatic nitrogens is 1. The lowest BCUT2D eigenvalue weighted by Crippen LogP contribution is -2.42. The normalized spacial score (nSPS) is 17.9. The fourth-order valence-corrected chi connectivity index (χ4v) is 3.43. The topological polar surface area (TPSA) is 83.7 Å². The highest BCUT2D eigenvalue weighted by molar-refractivity contribution is 7.88. The second-order valence-electron chi connectivity index (χ2n) is 5.56. The quantitative estimate of drug-likeness (QED) is 0.813. The minimum absolute atomic E-state index is 0.0313. The Morgan fingerprint density at radius 1 is 1.48 bits per heavy atom. The summed E-state index contributed by atoms with van der Waals surface area (Å²) in [6, 6.07) is 1.80. The van der Waals surface area contributed by atoms with Gasteiger partial charge in [0.15, 0.2) is 0 Å². The third-order valence-corrected chi connectivity index (χ3v) is 5.03. The first-order valence-electron chi connectivity index (χ1n) is 6.89. The van der Waals surface area contributed by atoms with Crippen LogP contribution in [0.15, 0.2) is 10.6 Å². The highest BCUT2D eigenvalue weighted by Gasteiger charge is 2.30. The predicted octanol–water partition coefficient (Wildman–Crippen LogP) is 0.613. The van der Waals surface area contributed by atoms with Crippen LogP contribution in [0.5, 0.6) is 0 Å². The van der Waals surface area contributed by atoms with Gasteiger partial charge in [0.2, 0.25) is 15.9 Å². The van der Waals surface area contributed by atoms with E-state index in [0.717, 1.165) is 5.69 Å². The number of hydrogen-bond acceptors (Lipinski definition) is 5. The van der Waals surface area contributed by atoms with Crippen LogP contribution in [0.2, 0.25) is 0 Å². The van der Waals surface area contributed by atoms with E-state index < -0.39 is 10.0 Å². The molecule has 1 aromatic rings. The molecule has 0 bridgehead atoms. The third kappa shape index (κ3) is 4.04. The molecule has 0 atom stereocenters. The van der Waals surface area contributed by atoms with Gasteiger partial charge in [0.25, 0.3) is 0 Å². The predicted molar refractivity (Wildman–Crippen MR) is 76.9 cm³/mol. The number of nitrogens with zero attached hydrogens (tertiary/aromatic N) is 3. The zero-order valence-electron chi connectivity index (χ0n) is 12.6. The lowest BCUT2D eigenvalue weighted by atomic mass is 9.96. The molecule has 0 aliphatic carbocycles. The number of sulfonamides is 1. The van der Waals surface area contributed by atoms with Crippen LogP contribution in [-0.4, -0.2) is 55.1 Å². The Hall–Kier alpha value is -1.41. The van der Waals surface area contributed by atoms with E-state index in [2.05, 4.69) is 5.16 Å². The van der Waals surface area contributed by atoms with Gasteiger partial charge >= 0.3 is 0 Å². The van der Waals surface area contributed by atoms with E-state index in [9.17, 15) is 13.2 Å². The lowest BCUT2D eigenvalue weighted by molar-refractivity contribution is -0.136. The summed E-state index contributed by atoms with van der Waals surface area (Å²) in [5.74, 6) is 0.622. The van der Waals surface area contributed by atoms with Gasteiger partial charge in [0.1, 0.15) is 11.5 Å². The summed E-state index contributed by atoms with van der Waals surface area (Å²) < 4.78 is 29.3. The molecular weight excluding hydrogens is 294 g/mol. The summed E-state index contributed by atoms with van der Waals surface area (Å²) in [6.45, 7) is 3.03. The van der Waals surface area contributed by atoms with Crippen molar-refractivity contribution in [3.05, 3.63) is 17.5 Å². The minimum Gasteiger partial charge on any atom is -0.361 e. The van der Waals surface area contributed by atoms with Gasteiger partial charge in [-0.15, -0.1) is 0 Å². The summed E-state index contributed by atoms with van der Waals surface area (Å²) in [5, 5.41) is 3.87. The Morgan fingerprint density at radius 2 is 2.10 bits per heavy atom. The van der Waals surface area contributed by atoms with Crippen molar-refractivity contribution < 1.29 is 17.7 Å². The number of carbonyl (C=O) groups excluding carboxylic acids is 1. The van der Waals surface area contributed by atoms with Crippen LogP contribution in [0.25, 0.3) is 0 Å². The number of rotatable bonds is 4. The summed E-state index contributed by atoms with van der Waals surface area (Å²) in [4.78, 5) is 14.0. The first kappa shape index (κ1) is 16.0. The van der Waals surface area contributed by atoms with E-state index >= 15 is 0 Å². The molecule has 1 aromatic heterocycles. The average molecular weight is 315 g/mol. The molecule has 1 aliphatic heterocycles. The van der Waals surface area contributed by atoms with Crippen molar-refractivity contribution in [2.24, 2.45) is 5.92 Å². The number of carbonyl (C=O) groups is 1. The molecule has 8 heteroatoms. The standard InChI is InChI=1S/C13H21N3O4S/c1-10-8-12(14-20-10)9-15(2)13(17)11-4-6-16(7-5-11)21(3,18)19/h8,11H,4-7,9H2,1-3H3. The van der Waals surface area contributed by atoms with Gasteiger partial charge in [-0.3, -0.25) is 4.79 Å². The molecular formula is C13H21N3O4S. The van der Waals surface area contributed by atoms with Gasteiger partial charge in [-0.2, -0.15) is 0 Å². The zero-order valence-corrected chi connectivity index (χ0v) is 13.4. The number of hydrogen-bond donors (Lipinski definition) is 0. The van der Waals surface area contributed by atoms with Crippen LogP contribution in [0, 0.1) is 12.8 Å². The molecule has 0 radical (unpaired) electrons. The van der Waals surface area contributed by atoms with E-state index in [1.54, 1.807) is 24.9 Å². The third-order valence-electron chi connectivity index (χ3n) is 3.72. The molecule has 0 aromatic carbocycles. The van der Waals surface area contributed by atoms with Gasteiger partial charge < -0.3 is 9.42 Å². The summed E-state index contributed by atoms with van der Waals surface area (Å²) in [5.41, 5.74) is 0.719. The molecule has 0 unspecified atom stereocenters. The van der Waals surface area contributed by atoms with Crippen molar-refractivity contribution in [1.82, 2.24) is 14.4 Å². The molecule has 118 valence electrons. The number of aryl methyl sites for hydroxylation is 1. The molecule has 2 rings (SSSR count). The van der Waals surface area contributed by atoms with E-state index in [-0.39, 0.29) is 11.8 Å². The fraction of sp³-hybridized carbons (Fsp3) is 0.692. The van der Waals surface area contributed by atoms with Gasteiger partial charge in [0, 0.05) is 32.1 Å². The molecule has 0 N–H and O–H groups in total. The van der Waals surface area contributed by atoms with Gasteiger partial charge in [-0.25, -0.2) is 12.7 Å². The zero-order chi connectivity index (χ0) is 15.6. The smallest absolute Gasteiger partial charge is 0.225 e. The highest BCUT2D eigenvalue weighted by Crippen LogP contribution is 2.21. The summed E-state index contributed by atoms with van der Waals surface area (Å²) in [6.07, 6.45) is 2.33. The Bertz CT molecular complexity index is 603. The van der Waals surface area contributed by atoms with Crippen LogP contribution in [0.3, 0.4) is 0 Å². The van der Waals surface area contributed by atoms with Crippen molar-refractivity contribution >= 4 is 15.9 Å². The average Bonchev–Trinajstić information content (AvgIpc) is 2.82. The molecule has 0 saturated carbocycles. The Balaban J connectivity index is 1.89. The van der Waals surface area contributed by atoms with Crippen LogP contribution >= 0.6 is 0 Å².